The van der Waals surface area contributed by atoms with Crippen molar-refractivity contribution in [3.05, 3.63) is 0 Å². The predicted molar refractivity (Wildman–Crippen MR) is 72.9 cm³/mol. The molecule has 1 amide bonds. The maximum Gasteiger partial charge on any atom is 0.410 e. The summed E-state index contributed by atoms with van der Waals surface area (Å²) < 4.78 is 11.0. The van der Waals surface area contributed by atoms with Crippen LogP contribution in [0.1, 0.15) is 40.0 Å². The summed E-state index contributed by atoms with van der Waals surface area (Å²) >= 11 is 0. The van der Waals surface area contributed by atoms with Gasteiger partial charge in [-0.25, -0.2) is 4.79 Å². The van der Waals surface area contributed by atoms with E-state index in [0.29, 0.717) is 25.7 Å². The molecular formula is C14H26N2O3. The number of hydrogen-bond acceptors (Lipinski definition) is 4. The van der Waals surface area contributed by atoms with Gasteiger partial charge < -0.3 is 15.2 Å². The molecule has 2 aliphatic rings. The molecule has 1 heterocycles. The van der Waals surface area contributed by atoms with E-state index in [4.69, 9.17) is 15.2 Å². The third-order valence-corrected chi connectivity index (χ3v) is 3.93. The predicted octanol–water partition coefficient (Wildman–Crippen LogP) is 1.75. The molecule has 0 spiro atoms. The summed E-state index contributed by atoms with van der Waals surface area (Å²) in [4.78, 5) is 14.0. The first kappa shape index (κ1) is 14.6. The highest BCUT2D eigenvalue weighted by Crippen LogP contribution is 2.32. The molecule has 110 valence electrons. The van der Waals surface area contributed by atoms with Crippen LogP contribution in [0.4, 0.5) is 4.79 Å². The highest BCUT2D eigenvalue weighted by atomic mass is 16.6. The summed E-state index contributed by atoms with van der Waals surface area (Å²) in [6.07, 6.45) is 3.31. The summed E-state index contributed by atoms with van der Waals surface area (Å²) in [5, 5.41) is 0. The number of carbonyl (C=O) groups excluding carboxylic acids is 1. The van der Waals surface area contributed by atoms with Gasteiger partial charge in [-0.1, -0.05) is 6.42 Å². The lowest BCUT2D eigenvalue weighted by Crippen LogP contribution is -2.60. The first-order valence-electron chi connectivity index (χ1n) is 7.21. The molecule has 1 aliphatic carbocycles. The normalized spacial score (nSPS) is 26.7. The van der Waals surface area contributed by atoms with Crippen LogP contribution in [0.15, 0.2) is 0 Å². The molecule has 0 aromatic carbocycles. The number of amides is 1. The quantitative estimate of drug-likeness (QED) is 0.830. The van der Waals surface area contributed by atoms with Crippen LogP contribution in [0.3, 0.4) is 0 Å². The molecule has 0 aromatic rings. The van der Waals surface area contributed by atoms with E-state index in [1.165, 1.54) is 19.3 Å². The van der Waals surface area contributed by atoms with Crippen LogP contribution in [-0.2, 0) is 9.47 Å². The topological polar surface area (TPSA) is 64.8 Å². The summed E-state index contributed by atoms with van der Waals surface area (Å²) in [6, 6.07) is -0.0459. The van der Waals surface area contributed by atoms with Gasteiger partial charge in [0.05, 0.1) is 19.3 Å². The Balaban J connectivity index is 2.00. The number of nitrogens with zero attached hydrogens (tertiary/aromatic N) is 1. The van der Waals surface area contributed by atoms with E-state index in [0.717, 1.165) is 0 Å². The zero-order chi connectivity index (χ0) is 14.0. The van der Waals surface area contributed by atoms with Crippen molar-refractivity contribution < 1.29 is 14.3 Å². The van der Waals surface area contributed by atoms with E-state index >= 15 is 0 Å². The lowest BCUT2D eigenvalue weighted by molar-refractivity contribution is -0.0458. The van der Waals surface area contributed by atoms with E-state index in [1.807, 2.05) is 20.8 Å². The Hall–Kier alpha value is -0.810. The fourth-order valence-corrected chi connectivity index (χ4v) is 2.63. The average molecular weight is 270 g/mol. The van der Waals surface area contributed by atoms with Crippen LogP contribution in [0.2, 0.25) is 0 Å². The number of ether oxygens (including phenoxy) is 2. The van der Waals surface area contributed by atoms with E-state index in [2.05, 4.69) is 0 Å². The fourth-order valence-electron chi connectivity index (χ4n) is 2.63. The average Bonchev–Trinajstić information content (AvgIpc) is 2.24. The van der Waals surface area contributed by atoms with Gasteiger partial charge in [-0.15, -0.1) is 0 Å². The lowest BCUT2D eigenvalue weighted by Gasteiger charge is -2.43. The van der Waals surface area contributed by atoms with Crippen LogP contribution < -0.4 is 5.73 Å². The van der Waals surface area contributed by atoms with Crippen LogP contribution in [-0.4, -0.2) is 48.4 Å². The number of morpholine rings is 1. The zero-order valence-electron chi connectivity index (χ0n) is 12.2. The molecule has 2 rings (SSSR count). The van der Waals surface area contributed by atoms with Crippen LogP contribution >= 0.6 is 0 Å². The summed E-state index contributed by atoms with van der Waals surface area (Å²) in [7, 11) is 0. The molecule has 5 heteroatoms. The van der Waals surface area contributed by atoms with Crippen molar-refractivity contribution in [3.8, 4) is 0 Å². The minimum Gasteiger partial charge on any atom is -0.444 e. The standard InChI is InChI=1S/C14H26N2O3/c1-14(2,3)19-13(17)16-7-8-18-9-11(16)12(15)10-5-4-6-10/h10-12H,4-9,15H2,1-3H3. The molecule has 0 aromatic heterocycles. The van der Waals surface area contributed by atoms with Crippen LogP contribution in [0.5, 0.6) is 0 Å². The maximum absolute atomic E-state index is 12.3. The van der Waals surface area contributed by atoms with Crippen molar-refractivity contribution in [2.24, 2.45) is 11.7 Å². The third-order valence-electron chi connectivity index (χ3n) is 3.93. The van der Waals surface area contributed by atoms with E-state index in [1.54, 1.807) is 4.90 Å². The third kappa shape index (κ3) is 3.60. The van der Waals surface area contributed by atoms with Crippen LogP contribution in [0, 0.1) is 5.92 Å². The summed E-state index contributed by atoms with van der Waals surface area (Å²) in [5.74, 6) is 0.525. The van der Waals surface area contributed by atoms with Gasteiger partial charge in [0, 0.05) is 12.6 Å². The molecule has 19 heavy (non-hydrogen) atoms. The maximum atomic E-state index is 12.3. The van der Waals surface area contributed by atoms with Crippen molar-refractivity contribution in [1.29, 1.82) is 0 Å². The van der Waals surface area contributed by atoms with Gasteiger partial charge in [0.1, 0.15) is 5.60 Å². The Morgan fingerprint density at radius 2 is 2.11 bits per heavy atom. The van der Waals surface area contributed by atoms with E-state index in [9.17, 15) is 4.79 Å². The molecular weight excluding hydrogens is 244 g/mol. The van der Waals surface area contributed by atoms with Gasteiger partial charge in [0.2, 0.25) is 0 Å². The minimum atomic E-state index is -0.472. The lowest BCUT2D eigenvalue weighted by atomic mass is 9.77. The van der Waals surface area contributed by atoms with Crippen molar-refractivity contribution in [2.45, 2.75) is 57.7 Å². The minimum absolute atomic E-state index is 0.00145. The number of nitrogens with two attached hydrogens (primary N) is 1. The van der Waals surface area contributed by atoms with Gasteiger partial charge >= 0.3 is 6.09 Å². The molecule has 1 saturated heterocycles. The first-order chi connectivity index (χ1) is 8.88. The van der Waals surface area contributed by atoms with Crippen molar-refractivity contribution in [3.63, 3.8) is 0 Å². The largest absolute Gasteiger partial charge is 0.444 e. The molecule has 2 atom stereocenters. The van der Waals surface area contributed by atoms with Gasteiger partial charge in [-0.2, -0.15) is 0 Å². The van der Waals surface area contributed by atoms with Gasteiger partial charge in [0.25, 0.3) is 0 Å². The van der Waals surface area contributed by atoms with Crippen molar-refractivity contribution in [2.75, 3.05) is 19.8 Å². The Labute approximate surface area is 115 Å². The molecule has 2 unspecified atom stereocenters. The van der Waals surface area contributed by atoms with E-state index in [-0.39, 0.29) is 18.2 Å². The molecule has 0 radical (unpaired) electrons. The zero-order valence-corrected chi connectivity index (χ0v) is 12.2. The second-order valence-electron chi connectivity index (χ2n) is 6.58. The second-order valence-corrected chi connectivity index (χ2v) is 6.58. The molecule has 2 N–H and O–H groups in total. The summed E-state index contributed by atoms with van der Waals surface area (Å²) in [5.41, 5.74) is 5.84. The van der Waals surface area contributed by atoms with Gasteiger partial charge in [-0.05, 0) is 39.5 Å². The Morgan fingerprint density at radius 3 is 2.63 bits per heavy atom. The SMILES string of the molecule is CC(C)(C)OC(=O)N1CCOCC1C(N)C1CCC1. The number of rotatable bonds is 2. The molecule has 0 bridgehead atoms. The molecule has 1 aliphatic heterocycles. The molecule has 1 saturated carbocycles. The highest BCUT2D eigenvalue weighted by molar-refractivity contribution is 5.68. The Bertz CT molecular complexity index is 323. The Morgan fingerprint density at radius 1 is 1.42 bits per heavy atom. The van der Waals surface area contributed by atoms with Gasteiger partial charge in [-0.3, -0.25) is 4.90 Å². The Kier molecular flexibility index (Phi) is 4.36. The highest BCUT2D eigenvalue weighted by Gasteiger charge is 2.39. The smallest absolute Gasteiger partial charge is 0.410 e. The monoisotopic (exact) mass is 270 g/mol. The van der Waals surface area contributed by atoms with Gasteiger partial charge in [0.15, 0.2) is 0 Å². The second kappa shape index (κ2) is 5.67. The number of carbonyl (C=O) groups is 1. The fraction of sp³-hybridized carbons (Fsp3) is 0.929. The summed E-state index contributed by atoms with van der Waals surface area (Å²) in [6.45, 7) is 7.30. The van der Waals surface area contributed by atoms with Crippen molar-refractivity contribution in [1.82, 2.24) is 4.90 Å². The molecule has 5 nitrogen and oxygen atoms in total. The van der Waals surface area contributed by atoms with Crippen LogP contribution in [0.25, 0.3) is 0 Å². The first-order valence-corrected chi connectivity index (χ1v) is 7.21. The molecule has 2 fully saturated rings. The van der Waals surface area contributed by atoms with Crippen molar-refractivity contribution >= 4 is 6.09 Å². The van der Waals surface area contributed by atoms with E-state index < -0.39 is 5.60 Å². The number of hydrogen-bond donors (Lipinski definition) is 1.